The molecular formula is C22H29BrN2O2S. The summed E-state index contributed by atoms with van der Waals surface area (Å²) >= 11 is 3.55. The lowest BCUT2D eigenvalue weighted by Crippen LogP contribution is -2.45. The fourth-order valence-electron chi connectivity index (χ4n) is 4.22. The highest BCUT2D eigenvalue weighted by Gasteiger charge is 2.26. The molecule has 1 atom stereocenters. The highest BCUT2D eigenvalue weighted by molar-refractivity contribution is 9.10. The molecule has 1 N–H and O–H groups in total. The second-order valence-electron chi connectivity index (χ2n) is 7.78. The van der Waals surface area contributed by atoms with Crippen molar-refractivity contribution in [3.05, 3.63) is 57.1 Å². The first-order chi connectivity index (χ1) is 13.2. The van der Waals surface area contributed by atoms with Crippen LogP contribution < -0.4 is 9.62 Å². The van der Waals surface area contributed by atoms with E-state index in [1.54, 1.807) is 0 Å². The van der Waals surface area contributed by atoms with Crippen molar-refractivity contribution in [1.82, 2.24) is 4.72 Å². The molecule has 2 aromatic carbocycles. The molecule has 152 valence electrons. The van der Waals surface area contributed by atoms with Gasteiger partial charge in [0.25, 0.3) is 0 Å². The van der Waals surface area contributed by atoms with Gasteiger partial charge in [-0.25, -0.2) is 13.1 Å². The number of aryl methyl sites for hydroxylation is 4. The first-order valence-corrected chi connectivity index (χ1v) is 12.1. The Hall–Kier alpha value is -1.37. The summed E-state index contributed by atoms with van der Waals surface area (Å²) in [6.07, 6.45) is 2.89. The Morgan fingerprint density at radius 1 is 1.14 bits per heavy atom. The van der Waals surface area contributed by atoms with Gasteiger partial charge in [0.1, 0.15) is 0 Å². The van der Waals surface area contributed by atoms with Gasteiger partial charge < -0.3 is 4.90 Å². The zero-order valence-corrected chi connectivity index (χ0v) is 19.5. The number of hydrogen-bond acceptors (Lipinski definition) is 3. The largest absolute Gasteiger partial charge is 0.370 e. The fraction of sp³-hybridized carbons (Fsp3) is 0.455. The monoisotopic (exact) mass is 464 g/mol. The van der Waals surface area contributed by atoms with Crippen LogP contribution in [0.5, 0.6) is 0 Å². The van der Waals surface area contributed by atoms with Crippen LogP contribution in [0.25, 0.3) is 0 Å². The van der Waals surface area contributed by atoms with Crippen molar-refractivity contribution in [3.63, 3.8) is 0 Å². The molecule has 1 heterocycles. The van der Waals surface area contributed by atoms with Crippen molar-refractivity contribution in [2.45, 2.75) is 57.9 Å². The lowest BCUT2D eigenvalue weighted by atomic mass is 10.0. The molecule has 0 radical (unpaired) electrons. The SMILES string of the molecule is CC[C@@H](CN1CCCc2cc(Br)ccc21)NS(=O)(=O)c1c(C)cc(C)cc1C. The van der Waals surface area contributed by atoms with Crippen LogP contribution in [0.15, 0.2) is 39.7 Å². The average Bonchev–Trinajstić information content (AvgIpc) is 2.59. The van der Waals surface area contributed by atoms with Crippen molar-refractivity contribution < 1.29 is 8.42 Å². The first-order valence-electron chi connectivity index (χ1n) is 9.85. The van der Waals surface area contributed by atoms with Gasteiger partial charge in [-0.3, -0.25) is 0 Å². The van der Waals surface area contributed by atoms with E-state index in [4.69, 9.17) is 0 Å². The Balaban J connectivity index is 1.82. The minimum absolute atomic E-state index is 0.139. The molecule has 0 saturated heterocycles. The minimum atomic E-state index is -3.57. The Bertz CT molecular complexity index is 949. The second kappa shape index (κ2) is 8.56. The normalized spacial score (nSPS) is 15.4. The van der Waals surface area contributed by atoms with Gasteiger partial charge in [-0.2, -0.15) is 0 Å². The smallest absolute Gasteiger partial charge is 0.241 e. The quantitative estimate of drug-likeness (QED) is 0.662. The summed E-state index contributed by atoms with van der Waals surface area (Å²) in [6, 6.07) is 10.1. The van der Waals surface area contributed by atoms with Crippen LogP contribution in [-0.4, -0.2) is 27.5 Å². The fourth-order valence-corrected chi connectivity index (χ4v) is 6.39. The van der Waals surface area contributed by atoms with E-state index in [1.165, 1.54) is 11.3 Å². The number of rotatable bonds is 6. The molecule has 0 bridgehead atoms. The summed E-state index contributed by atoms with van der Waals surface area (Å²) in [4.78, 5) is 2.73. The van der Waals surface area contributed by atoms with E-state index in [-0.39, 0.29) is 6.04 Å². The lowest BCUT2D eigenvalue weighted by molar-refractivity contribution is 0.523. The molecule has 4 nitrogen and oxygen atoms in total. The van der Waals surface area contributed by atoms with Gasteiger partial charge in [-0.15, -0.1) is 0 Å². The average molecular weight is 465 g/mol. The molecule has 3 rings (SSSR count). The molecule has 0 amide bonds. The summed E-state index contributed by atoms with van der Waals surface area (Å²) in [7, 11) is -3.57. The zero-order chi connectivity index (χ0) is 20.5. The zero-order valence-electron chi connectivity index (χ0n) is 17.0. The molecule has 0 unspecified atom stereocenters. The van der Waals surface area contributed by atoms with Gasteiger partial charge in [0.05, 0.1) is 4.90 Å². The molecule has 0 aliphatic carbocycles. The van der Waals surface area contributed by atoms with E-state index in [0.29, 0.717) is 11.4 Å². The minimum Gasteiger partial charge on any atom is -0.370 e. The van der Waals surface area contributed by atoms with Gasteiger partial charge in [0.15, 0.2) is 0 Å². The maximum absolute atomic E-state index is 13.2. The molecule has 0 saturated carbocycles. The molecule has 0 fully saturated rings. The number of sulfonamides is 1. The van der Waals surface area contributed by atoms with Crippen LogP contribution >= 0.6 is 15.9 Å². The number of hydrogen-bond donors (Lipinski definition) is 1. The summed E-state index contributed by atoms with van der Waals surface area (Å²) in [5, 5.41) is 0. The first kappa shape index (κ1) is 21.3. The summed E-state index contributed by atoms with van der Waals surface area (Å²) in [5.41, 5.74) is 5.22. The lowest BCUT2D eigenvalue weighted by Gasteiger charge is -2.34. The predicted octanol–water partition coefficient (Wildman–Crippen LogP) is 4.88. The van der Waals surface area contributed by atoms with Crippen molar-refractivity contribution in [1.29, 1.82) is 0 Å². The van der Waals surface area contributed by atoms with E-state index in [2.05, 4.69) is 43.8 Å². The number of nitrogens with zero attached hydrogens (tertiary/aromatic N) is 1. The third-order valence-electron chi connectivity index (χ3n) is 5.39. The topological polar surface area (TPSA) is 49.4 Å². The Morgan fingerprint density at radius 2 is 1.82 bits per heavy atom. The molecule has 2 aromatic rings. The van der Waals surface area contributed by atoms with E-state index in [9.17, 15) is 8.42 Å². The second-order valence-corrected chi connectivity index (χ2v) is 10.3. The van der Waals surface area contributed by atoms with Crippen LogP contribution in [0.2, 0.25) is 0 Å². The maximum atomic E-state index is 13.2. The van der Waals surface area contributed by atoms with Crippen LogP contribution in [0.1, 0.15) is 42.0 Å². The van der Waals surface area contributed by atoms with Crippen LogP contribution in [0, 0.1) is 20.8 Å². The molecule has 0 spiro atoms. The molecule has 6 heteroatoms. The van der Waals surface area contributed by atoms with Crippen molar-refractivity contribution in [2.75, 3.05) is 18.0 Å². The van der Waals surface area contributed by atoms with Crippen LogP contribution in [0.4, 0.5) is 5.69 Å². The standard InChI is InChI=1S/C22H29BrN2O2S/c1-5-20(14-25-10-6-7-18-13-19(23)8-9-21(18)25)24-28(26,27)22-16(3)11-15(2)12-17(22)4/h8-9,11-13,20,24H,5-7,10,14H2,1-4H3/t20-/m0/s1. The summed E-state index contributed by atoms with van der Waals surface area (Å²) in [5.74, 6) is 0. The van der Waals surface area contributed by atoms with E-state index < -0.39 is 10.0 Å². The molecule has 1 aliphatic heterocycles. The van der Waals surface area contributed by atoms with Gasteiger partial charge in [0, 0.05) is 29.3 Å². The van der Waals surface area contributed by atoms with Crippen molar-refractivity contribution >= 4 is 31.6 Å². The molecular weight excluding hydrogens is 436 g/mol. The number of benzene rings is 2. The maximum Gasteiger partial charge on any atom is 0.241 e. The third-order valence-corrected chi connectivity index (χ3v) is 7.70. The highest BCUT2D eigenvalue weighted by Crippen LogP contribution is 2.30. The van der Waals surface area contributed by atoms with Crippen molar-refractivity contribution in [3.8, 4) is 0 Å². The number of anilines is 1. The van der Waals surface area contributed by atoms with Gasteiger partial charge in [-0.1, -0.05) is 40.5 Å². The summed E-state index contributed by atoms with van der Waals surface area (Å²) in [6.45, 7) is 9.39. The van der Waals surface area contributed by atoms with Crippen LogP contribution in [-0.2, 0) is 16.4 Å². The van der Waals surface area contributed by atoms with E-state index in [1.807, 2.05) is 39.8 Å². The number of nitrogens with one attached hydrogen (secondary N) is 1. The Morgan fingerprint density at radius 3 is 2.46 bits per heavy atom. The molecule has 28 heavy (non-hydrogen) atoms. The van der Waals surface area contributed by atoms with E-state index in [0.717, 1.165) is 47.0 Å². The highest BCUT2D eigenvalue weighted by atomic mass is 79.9. The number of halogens is 1. The Kier molecular flexibility index (Phi) is 6.52. The van der Waals surface area contributed by atoms with E-state index >= 15 is 0 Å². The van der Waals surface area contributed by atoms with Gasteiger partial charge >= 0.3 is 0 Å². The third kappa shape index (κ3) is 4.61. The van der Waals surface area contributed by atoms with Crippen molar-refractivity contribution in [2.24, 2.45) is 0 Å². The van der Waals surface area contributed by atoms with Crippen LogP contribution in [0.3, 0.4) is 0 Å². The number of fused-ring (bicyclic) bond motifs is 1. The summed E-state index contributed by atoms with van der Waals surface area (Å²) < 4.78 is 30.4. The predicted molar refractivity (Wildman–Crippen MR) is 120 cm³/mol. The molecule has 1 aliphatic rings. The van der Waals surface area contributed by atoms with Gasteiger partial charge in [0.2, 0.25) is 10.0 Å². The Labute approximate surface area is 177 Å². The van der Waals surface area contributed by atoms with Gasteiger partial charge in [-0.05, 0) is 74.9 Å². The molecule has 0 aromatic heterocycles.